The molecule has 1 aromatic rings. The van der Waals surface area contributed by atoms with Crippen LogP contribution in [0.2, 0.25) is 0 Å². The van der Waals surface area contributed by atoms with Gasteiger partial charge in [0.25, 0.3) is 5.91 Å². The third kappa shape index (κ3) is 3.59. The Kier molecular flexibility index (Phi) is 4.59. The average molecular weight is 310 g/mol. The van der Waals surface area contributed by atoms with Gasteiger partial charge < -0.3 is 11.5 Å². The van der Waals surface area contributed by atoms with Crippen LogP contribution in [0.25, 0.3) is 0 Å². The van der Waals surface area contributed by atoms with Gasteiger partial charge in [0.1, 0.15) is 0 Å². The molecule has 0 atom stereocenters. The van der Waals surface area contributed by atoms with Gasteiger partial charge in [-0.25, -0.2) is 8.42 Å². The Bertz CT molecular complexity index is 660. The minimum absolute atomic E-state index is 0.0843. The number of carbonyl (C=O) groups is 1. The minimum Gasteiger partial charge on any atom is -0.370 e. The van der Waals surface area contributed by atoms with Gasteiger partial charge in [0, 0.05) is 18.7 Å². The van der Waals surface area contributed by atoms with Crippen molar-refractivity contribution in [1.82, 2.24) is 4.31 Å². The molecule has 0 spiro atoms. The summed E-state index contributed by atoms with van der Waals surface area (Å²) >= 11 is 0. The lowest BCUT2D eigenvalue weighted by atomic mass is 10.2. The maximum atomic E-state index is 12.5. The van der Waals surface area contributed by atoms with Crippen molar-refractivity contribution < 1.29 is 13.2 Å². The molecule has 0 bridgehead atoms. The van der Waals surface area contributed by atoms with Crippen LogP contribution in [0, 0.1) is 0 Å². The Morgan fingerprint density at radius 1 is 1.14 bits per heavy atom. The van der Waals surface area contributed by atoms with Crippen molar-refractivity contribution in [2.24, 2.45) is 16.5 Å². The molecule has 21 heavy (non-hydrogen) atoms. The highest BCUT2D eigenvalue weighted by Gasteiger charge is 2.26. The number of aliphatic imine (C=N–C) groups is 1. The van der Waals surface area contributed by atoms with Crippen molar-refractivity contribution in [3.63, 3.8) is 0 Å². The molecule has 1 saturated heterocycles. The maximum absolute atomic E-state index is 12.5. The summed E-state index contributed by atoms with van der Waals surface area (Å²) in [5, 5.41) is 0. The standard InChI is InChI=1S/C13H18N4O3S/c14-13(15)16-12(18)10-5-4-6-11(9-10)21(19,20)17-7-2-1-3-8-17/h4-6,9H,1-3,7-8H2,(H4,14,15,16,18). The summed E-state index contributed by atoms with van der Waals surface area (Å²) in [5.41, 5.74) is 10.4. The molecular formula is C13H18N4O3S. The van der Waals surface area contributed by atoms with Gasteiger partial charge in [0.15, 0.2) is 5.96 Å². The van der Waals surface area contributed by atoms with E-state index in [-0.39, 0.29) is 16.4 Å². The SMILES string of the molecule is NC(N)=NC(=O)c1cccc(S(=O)(=O)N2CCCCC2)c1. The first-order valence-corrected chi connectivity index (χ1v) is 8.09. The van der Waals surface area contributed by atoms with E-state index in [1.165, 1.54) is 28.6 Å². The zero-order valence-electron chi connectivity index (χ0n) is 11.5. The lowest BCUT2D eigenvalue weighted by Crippen LogP contribution is -2.35. The normalized spacial score (nSPS) is 16.4. The Balaban J connectivity index is 2.32. The molecule has 1 aliphatic rings. The molecule has 4 N–H and O–H groups in total. The largest absolute Gasteiger partial charge is 0.370 e. The average Bonchev–Trinajstić information content (AvgIpc) is 2.47. The summed E-state index contributed by atoms with van der Waals surface area (Å²) in [6.45, 7) is 1.02. The quantitative estimate of drug-likeness (QED) is 0.613. The molecule has 1 aromatic carbocycles. The van der Waals surface area contributed by atoms with Crippen LogP contribution >= 0.6 is 0 Å². The van der Waals surface area contributed by atoms with E-state index in [0.29, 0.717) is 13.1 Å². The van der Waals surface area contributed by atoms with E-state index in [1.54, 1.807) is 0 Å². The Morgan fingerprint density at radius 3 is 2.43 bits per heavy atom. The first-order chi connectivity index (χ1) is 9.91. The number of benzene rings is 1. The smallest absolute Gasteiger partial charge is 0.280 e. The zero-order valence-corrected chi connectivity index (χ0v) is 12.3. The molecule has 8 heteroatoms. The molecule has 1 amide bonds. The summed E-state index contributed by atoms with van der Waals surface area (Å²) in [6, 6.07) is 5.76. The van der Waals surface area contributed by atoms with Crippen molar-refractivity contribution in [1.29, 1.82) is 0 Å². The predicted octanol–water partition coefficient (Wildman–Crippen LogP) is 0.275. The van der Waals surface area contributed by atoms with Gasteiger partial charge in [0.05, 0.1) is 4.90 Å². The molecule has 1 aliphatic heterocycles. The van der Waals surface area contributed by atoms with Gasteiger partial charge in [0.2, 0.25) is 10.0 Å². The predicted molar refractivity (Wildman–Crippen MR) is 79.2 cm³/mol. The van der Waals surface area contributed by atoms with E-state index in [4.69, 9.17) is 11.5 Å². The molecule has 0 aliphatic carbocycles. The Hall–Kier alpha value is -1.93. The van der Waals surface area contributed by atoms with E-state index in [1.807, 2.05) is 0 Å². The summed E-state index contributed by atoms with van der Waals surface area (Å²) in [7, 11) is -3.58. The van der Waals surface area contributed by atoms with Crippen LogP contribution in [0.15, 0.2) is 34.2 Å². The number of hydrogen-bond donors (Lipinski definition) is 2. The second kappa shape index (κ2) is 6.23. The van der Waals surface area contributed by atoms with E-state index in [9.17, 15) is 13.2 Å². The number of nitrogens with two attached hydrogens (primary N) is 2. The van der Waals surface area contributed by atoms with Gasteiger partial charge in [-0.1, -0.05) is 12.5 Å². The molecule has 0 aromatic heterocycles. The first kappa shape index (κ1) is 15.5. The number of sulfonamides is 1. The van der Waals surface area contributed by atoms with E-state index >= 15 is 0 Å². The van der Waals surface area contributed by atoms with E-state index < -0.39 is 15.9 Å². The van der Waals surface area contributed by atoms with Crippen LogP contribution in [0.4, 0.5) is 0 Å². The number of carbonyl (C=O) groups excluding carboxylic acids is 1. The molecule has 1 fully saturated rings. The summed E-state index contributed by atoms with van der Waals surface area (Å²) < 4.78 is 26.5. The van der Waals surface area contributed by atoms with Crippen molar-refractivity contribution in [2.75, 3.05) is 13.1 Å². The molecule has 7 nitrogen and oxygen atoms in total. The second-order valence-electron chi connectivity index (χ2n) is 4.83. The summed E-state index contributed by atoms with van der Waals surface area (Å²) in [6.07, 6.45) is 2.74. The van der Waals surface area contributed by atoms with Gasteiger partial charge in [-0.05, 0) is 31.0 Å². The van der Waals surface area contributed by atoms with E-state index in [2.05, 4.69) is 4.99 Å². The van der Waals surface area contributed by atoms with Crippen molar-refractivity contribution in [2.45, 2.75) is 24.2 Å². The highest BCUT2D eigenvalue weighted by molar-refractivity contribution is 7.89. The lowest BCUT2D eigenvalue weighted by molar-refractivity contribution is 0.100. The number of guanidine groups is 1. The fourth-order valence-electron chi connectivity index (χ4n) is 2.23. The molecule has 0 saturated carbocycles. The second-order valence-corrected chi connectivity index (χ2v) is 6.77. The third-order valence-corrected chi connectivity index (χ3v) is 5.16. The first-order valence-electron chi connectivity index (χ1n) is 6.65. The maximum Gasteiger partial charge on any atom is 0.280 e. The van der Waals surface area contributed by atoms with Crippen molar-refractivity contribution in [3.05, 3.63) is 29.8 Å². The monoisotopic (exact) mass is 310 g/mol. The Labute approximate surface area is 123 Å². The number of amides is 1. The summed E-state index contributed by atoms with van der Waals surface area (Å²) in [4.78, 5) is 15.2. The highest BCUT2D eigenvalue weighted by atomic mass is 32.2. The zero-order chi connectivity index (χ0) is 15.5. The van der Waals surface area contributed by atoms with Crippen LogP contribution in [0.1, 0.15) is 29.6 Å². The van der Waals surface area contributed by atoms with Crippen LogP contribution in [0.5, 0.6) is 0 Å². The number of piperidine rings is 1. The van der Waals surface area contributed by atoms with Crippen LogP contribution < -0.4 is 11.5 Å². The molecule has 1 heterocycles. The lowest BCUT2D eigenvalue weighted by Gasteiger charge is -2.25. The summed E-state index contributed by atoms with van der Waals surface area (Å²) in [5.74, 6) is -1.02. The van der Waals surface area contributed by atoms with Crippen LogP contribution in [0.3, 0.4) is 0 Å². The Morgan fingerprint density at radius 2 is 1.81 bits per heavy atom. The fourth-order valence-corrected chi connectivity index (χ4v) is 3.79. The molecule has 114 valence electrons. The van der Waals surface area contributed by atoms with Crippen LogP contribution in [-0.2, 0) is 10.0 Å². The van der Waals surface area contributed by atoms with E-state index in [0.717, 1.165) is 19.3 Å². The number of nitrogens with zero attached hydrogens (tertiary/aromatic N) is 2. The fraction of sp³-hybridized carbons (Fsp3) is 0.385. The molecule has 2 rings (SSSR count). The molecule has 0 radical (unpaired) electrons. The molecular weight excluding hydrogens is 292 g/mol. The highest BCUT2D eigenvalue weighted by Crippen LogP contribution is 2.21. The van der Waals surface area contributed by atoms with Crippen molar-refractivity contribution >= 4 is 21.9 Å². The van der Waals surface area contributed by atoms with Crippen molar-refractivity contribution in [3.8, 4) is 0 Å². The van der Waals surface area contributed by atoms with Gasteiger partial charge >= 0.3 is 0 Å². The topological polar surface area (TPSA) is 119 Å². The third-order valence-electron chi connectivity index (χ3n) is 3.26. The number of hydrogen-bond acceptors (Lipinski definition) is 3. The van der Waals surface area contributed by atoms with Gasteiger partial charge in [-0.2, -0.15) is 9.30 Å². The van der Waals surface area contributed by atoms with Gasteiger partial charge in [-0.15, -0.1) is 0 Å². The minimum atomic E-state index is -3.58. The molecule has 0 unspecified atom stereocenters. The van der Waals surface area contributed by atoms with Gasteiger partial charge in [-0.3, -0.25) is 4.79 Å². The van der Waals surface area contributed by atoms with Crippen LogP contribution in [-0.4, -0.2) is 37.7 Å². The number of rotatable bonds is 3.